The van der Waals surface area contributed by atoms with Crippen molar-refractivity contribution in [1.29, 1.82) is 0 Å². The van der Waals surface area contributed by atoms with Crippen LogP contribution in [0, 0.1) is 6.92 Å². The molecule has 24 heavy (non-hydrogen) atoms. The van der Waals surface area contributed by atoms with Crippen molar-refractivity contribution >= 4 is 0 Å². The molecule has 0 fully saturated rings. The predicted molar refractivity (Wildman–Crippen MR) is 91.8 cm³/mol. The minimum Gasteiger partial charge on any atom is -0.490 e. The molecule has 1 atom stereocenters. The number of ether oxygens (including phenoxy) is 3. The summed E-state index contributed by atoms with van der Waals surface area (Å²) in [6, 6.07) is 6.31. The fourth-order valence-electron chi connectivity index (χ4n) is 2.96. The van der Waals surface area contributed by atoms with Gasteiger partial charge in [0.25, 0.3) is 0 Å². The summed E-state index contributed by atoms with van der Waals surface area (Å²) in [5.41, 5.74) is 3.23. The number of aromatic nitrogens is 2. The summed E-state index contributed by atoms with van der Waals surface area (Å²) in [7, 11) is 3.57. The number of aryl methyl sites for hydroxylation is 2. The Morgan fingerprint density at radius 3 is 2.79 bits per heavy atom. The maximum atomic E-state index is 5.77. The Labute approximate surface area is 142 Å². The fourth-order valence-corrected chi connectivity index (χ4v) is 2.96. The summed E-state index contributed by atoms with van der Waals surface area (Å²) in [4.78, 5) is 0. The van der Waals surface area contributed by atoms with Crippen molar-refractivity contribution in [3.8, 4) is 17.4 Å². The monoisotopic (exact) mass is 331 g/mol. The van der Waals surface area contributed by atoms with E-state index in [2.05, 4.69) is 29.5 Å². The van der Waals surface area contributed by atoms with Gasteiger partial charge in [-0.3, -0.25) is 0 Å². The van der Waals surface area contributed by atoms with Gasteiger partial charge in [0.2, 0.25) is 5.88 Å². The first-order valence-electron chi connectivity index (χ1n) is 8.29. The Hall–Kier alpha value is -2.21. The molecule has 1 aromatic carbocycles. The van der Waals surface area contributed by atoms with Crippen LogP contribution in [0.2, 0.25) is 0 Å². The van der Waals surface area contributed by atoms with Crippen LogP contribution in [-0.2, 0) is 13.6 Å². The second-order valence-corrected chi connectivity index (χ2v) is 6.06. The molecule has 2 aromatic rings. The van der Waals surface area contributed by atoms with Crippen molar-refractivity contribution in [2.45, 2.75) is 32.9 Å². The second-order valence-electron chi connectivity index (χ2n) is 6.06. The number of fused-ring (bicyclic) bond motifs is 1. The molecule has 1 aliphatic heterocycles. The van der Waals surface area contributed by atoms with Gasteiger partial charge < -0.3 is 19.5 Å². The van der Waals surface area contributed by atoms with Gasteiger partial charge in [-0.05, 0) is 31.5 Å². The van der Waals surface area contributed by atoms with Crippen LogP contribution in [-0.4, -0.2) is 30.1 Å². The van der Waals surface area contributed by atoms with Crippen LogP contribution in [0.4, 0.5) is 0 Å². The van der Waals surface area contributed by atoms with Crippen LogP contribution in [0.25, 0.3) is 0 Å². The Kier molecular flexibility index (Phi) is 4.94. The molecule has 3 rings (SSSR count). The lowest BCUT2D eigenvalue weighted by atomic mass is 10.1. The van der Waals surface area contributed by atoms with E-state index in [-0.39, 0.29) is 6.04 Å². The summed E-state index contributed by atoms with van der Waals surface area (Å²) in [6.45, 7) is 6.23. The molecule has 0 unspecified atom stereocenters. The molecule has 0 spiro atoms. The van der Waals surface area contributed by atoms with Gasteiger partial charge in [0.15, 0.2) is 11.5 Å². The molecule has 0 bridgehead atoms. The second kappa shape index (κ2) is 7.13. The first kappa shape index (κ1) is 16.6. The zero-order chi connectivity index (χ0) is 17.1. The lowest BCUT2D eigenvalue weighted by molar-refractivity contribution is 0.297. The van der Waals surface area contributed by atoms with Crippen molar-refractivity contribution in [1.82, 2.24) is 15.1 Å². The highest BCUT2D eigenvalue weighted by molar-refractivity contribution is 5.44. The molecular weight excluding hydrogens is 306 g/mol. The molecule has 0 radical (unpaired) electrons. The molecule has 2 heterocycles. The quantitative estimate of drug-likeness (QED) is 0.913. The molecule has 6 nitrogen and oxygen atoms in total. The lowest BCUT2D eigenvalue weighted by Crippen LogP contribution is -2.19. The standard InChI is InChI=1S/C18H25N3O3/c1-12(19-11-15-13(2)20-21(3)18(15)22-4)14-6-7-16-17(10-14)24-9-5-8-23-16/h6-7,10,12,19H,5,8-9,11H2,1-4H3/t12-/m0/s1. The van der Waals surface area contributed by atoms with Gasteiger partial charge in [0, 0.05) is 26.1 Å². The predicted octanol–water partition coefficient (Wildman–Crippen LogP) is 2.75. The van der Waals surface area contributed by atoms with Gasteiger partial charge >= 0.3 is 0 Å². The van der Waals surface area contributed by atoms with Crippen molar-refractivity contribution in [3.63, 3.8) is 0 Å². The summed E-state index contributed by atoms with van der Waals surface area (Å²) < 4.78 is 18.7. The van der Waals surface area contributed by atoms with E-state index in [1.54, 1.807) is 11.8 Å². The highest BCUT2D eigenvalue weighted by Gasteiger charge is 2.17. The Balaban J connectivity index is 1.71. The maximum absolute atomic E-state index is 5.77. The molecule has 0 saturated heterocycles. The third kappa shape index (κ3) is 3.33. The Morgan fingerprint density at radius 1 is 1.29 bits per heavy atom. The van der Waals surface area contributed by atoms with Crippen LogP contribution in [0.5, 0.6) is 17.4 Å². The van der Waals surface area contributed by atoms with Gasteiger partial charge in [0.05, 0.1) is 31.6 Å². The highest BCUT2D eigenvalue weighted by Crippen LogP contribution is 2.32. The minimum absolute atomic E-state index is 0.173. The number of methoxy groups -OCH3 is 1. The Bertz CT molecular complexity index is 712. The van der Waals surface area contributed by atoms with Gasteiger partial charge in [-0.25, -0.2) is 4.68 Å². The SMILES string of the molecule is COc1c(CN[C@@H](C)c2ccc3c(c2)OCCCO3)c(C)nn1C. The third-order valence-corrected chi connectivity index (χ3v) is 4.34. The first-order chi connectivity index (χ1) is 11.6. The van der Waals surface area contributed by atoms with Crippen molar-refractivity contribution in [3.05, 3.63) is 35.0 Å². The average molecular weight is 331 g/mol. The van der Waals surface area contributed by atoms with Crippen molar-refractivity contribution < 1.29 is 14.2 Å². The normalized spacial score (nSPS) is 15.0. The molecular formula is C18H25N3O3. The van der Waals surface area contributed by atoms with Crippen molar-refractivity contribution in [2.24, 2.45) is 7.05 Å². The highest BCUT2D eigenvalue weighted by atomic mass is 16.5. The van der Waals surface area contributed by atoms with E-state index in [0.29, 0.717) is 19.8 Å². The van der Waals surface area contributed by atoms with Gasteiger partial charge in [-0.2, -0.15) is 5.10 Å². The lowest BCUT2D eigenvalue weighted by Gasteiger charge is -2.17. The largest absolute Gasteiger partial charge is 0.490 e. The average Bonchev–Trinajstić information content (AvgIpc) is 2.75. The van der Waals surface area contributed by atoms with E-state index in [4.69, 9.17) is 14.2 Å². The smallest absolute Gasteiger partial charge is 0.216 e. The van der Waals surface area contributed by atoms with Crippen LogP contribution in [0.15, 0.2) is 18.2 Å². The molecule has 6 heteroatoms. The molecule has 0 amide bonds. The van der Waals surface area contributed by atoms with E-state index in [1.165, 1.54) is 5.56 Å². The molecule has 0 aliphatic carbocycles. The summed E-state index contributed by atoms with van der Waals surface area (Å²) >= 11 is 0. The van der Waals surface area contributed by atoms with Gasteiger partial charge in [-0.1, -0.05) is 6.07 Å². The minimum atomic E-state index is 0.173. The van der Waals surface area contributed by atoms with E-state index >= 15 is 0 Å². The number of hydrogen-bond acceptors (Lipinski definition) is 5. The Morgan fingerprint density at radius 2 is 2.04 bits per heavy atom. The molecule has 1 aliphatic rings. The molecule has 0 saturated carbocycles. The van der Waals surface area contributed by atoms with E-state index in [0.717, 1.165) is 35.1 Å². The van der Waals surface area contributed by atoms with E-state index < -0.39 is 0 Å². The molecule has 1 N–H and O–H groups in total. The van der Waals surface area contributed by atoms with E-state index in [1.807, 2.05) is 20.0 Å². The number of benzene rings is 1. The van der Waals surface area contributed by atoms with Crippen molar-refractivity contribution in [2.75, 3.05) is 20.3 Å². The first-order valence-corrected chi connectivity index (χ1v) is 8.29. The number of nitrogens with one attached hydrogen (secondary N) is 1. The van der Waals surface area contributed by atoms with Gasteiger partial charge in [-0.15, -0.1) is 0 Å². The topological polar surface area (TPSA) is 57.5 Å². The fraction of sp³-hybridized carbons (Fsp3) is 0.500. The van der Waals surface area contributed by atoms with Gasteiger partial charge in [0.1, 0.15) is 0 Å². The van der Waals surface area contributed by atoms with Crippen LogP contribution < -0.4 is 19.5 Å². The number of rotatable bonds is 5. The number of nitrogens with zero attached hydrogens (tertiary/aromatic N) is 2. The van der Waals surface area contributed by atoms with Crippen LogP contribution >= 0.6 is 0 Å². The summed E-state index contributed by atoms with van der Waals surface area (Å²) in [5.74, 6) is 2.45. The number of hydrogen-bond donors (Lipinski definition) is 1. The molecule has 1 aromatic heterocycles. The summed E-state index contributed by atoms with van der Waals surface area (Å²) in [6.07, 6.45) is 0.915. The zero-order valence-electron chi connectivity index (χ0n) is 14.8. The summed E-state index contributed by atoms with van der Waals surface area (Å²) in [5, 5.41) is 7.95. The van der Waals surface area contributed by atoms with E-state index in [9.17, 15) is 0 Å². The van der Waals surface area contributed by atoms with Crippen LogP contribution in [0.3, 0.4) is 0 Å². The third-order valence-electron chi connectivity index (χ3n) is 4.34. The van der Waals surface area contributed by atoms with Crippen LogP contribution in [0.1, 0.15) is 36.2 Å². The zero-order valence-corrected chi connectivity index (χ0v) is 14.8. The molecule has 130 valence electrons. The maximum Gasteiger partial charge on any atom is 0.216 e.